The molecule has 0 aliphatic heterocycles. The molecule has 0 amide bonds. The zero-order valence-corrected chi connectivity index (χ0v) is 18.2. The fourth-order valence-corrected chi connectivity index (χ4v) is 3.95. The molecule has 0 saturated carbocycles. The number of aliphatic hydroxyl groups excluding tert-OH is 2. The van der Waals surface area contributed by atoms with Gasteiger partial charge in [0.15, 0.2) is 23.0 Å². The fraction of sp³-hybridized carbons (Fsp3) is 0.500. The highest BCUT2D eigenvalue weighted by molar-refractivity contribution is 5.42. The summed E-state index contributed by atoms with van der Waals surface area (Å²) in [7, 11) is 3.01. The van der Waals surface area contributed by atoms with Crippen molar-refractivity contribution >= 4 is 0 Å². The zero-order chi connectivity index (χ0) is 22.3. The van der Waals surface area contributed by atoms with E-state index in [0.717, 1.165) is 17.5 Å². The second-order valence-electron chi connectivity index (χ2n) is 8.01. The second kappa shape index (κ2) is 11.1. The Balaban J connectivity index is 2.27. The first kappa shape index (κ1) is 23.8. The summed E-state index contributed by atoms with van der Waals surface area (Å²) in [5.41, 5.74) is 1.84. The van der Waals surface area contributed by atoms with Gasteiger partial charge in [-0.05, 0) is 86.8 Å². The Morgan fingerprint density at radius 1 is 0.767 bits per heavy atom. The van der Waals surface area contributed by atoms with Crippen LogP contribution in [-0.4, -0.2) is 46.9 Å². The van der Waals surface area contributed by atoms with Crippen molar-refractivity contribution in [1.29, 1.82) is 0 Å². The molecule has 0 fully saturated rings. The molecule has 0 heterocycles. The van der Waals surface area contributed by atoms with Gasteiger partial charge in [0.25, 0.3) is 0 Å². The van der Waals surface area contributed by atoms with Crippen LogP contribution in [0.2, 0.25) is 0 Å². The molecule has 0 bridgehead atoms. The number of benzene rings is 2. The van der Waals surface area contributed by atoms with Gasteiger partial charge in [0, 0.05) is 0 Å². The molecule has 2 aromatic rings. The van der Waals surface area contributed by atoms with Crippen LogP contribution in [0.3, 0.4) is 0 Å². The van der Waals surface area contributed by atoms with E-state index in [-0.39, 0.29) is 23.3 Å². The maximum absolute atomic E-state index is 10.6. The van der Waals surface area contributed by atoms with Gasteiger partial charge in [-0.25, -0.2) is 0 Å². The lowest BCUT2D eigenvalue weighted by Crippen LogP contribution is -2.30. The minimum Gasteiger partial charge on any atom is -0.504 e. The van der Waals surface area contributed by atoms with Crippen molar-refractivity contribution < 1.29 is 29.9 Å². The van der Waals surface area contributed by atoms with Crippen LogP contribution in [0.5, 0.6) is 23.0 Å². The molecule has 6 heteroatoms. The van der Waals surface area contributed by atoms with Gasteiger partial charge < -0.3 is 29.9 Å². The van der Waals surface area contributed by atoms with Gasteiger partial charge in [-0.2, -0.15) is 0 Å². The Morgan fingerprint density at radius 3 is 1.67 bits per heavy atom. The molecular formula is C24H34O6. The van der Waals surface area contributed by atoms with Crippen LogP contribution < -0.4 is 9.47 Å². The number of phenolic OH excluding ortho intramolecular Hbond substituents is 2. The molecule has 0 aromatic heterocycles. The van der Waals surface area contributed by atoms with Crippen molar-refractivity contribution in [3.05, 3.63) is 47.5 Å². The largest absolute Gasteiger partial charge is 0.504 e. The lowest BCUT2D eigenvalue weighted by molar-refractivity contribution is 0.0751. The quantitative estimate of drug-likeness (QED) is 0.444. The molecular weight excluding hydrogens is 384 g/mol. The lowest BCUT2D eigenvalue weighted by Gasteiger charge is -2.30. The SMILES string of the molecule is COc1ccc(C[C@@H](CC[C@@H](C)O)[C@@H](Cc2ccc(OC)c(O)c2)[C@@H](C)O)cc1O. The number of rotatable bonds is 11. The Hall–Kier alpha value is -2.44. The van der Waals surface area contributed by atoms with E-state index in [0.29, 0.717) is 30.8 Å². The smallest absolute Gasteiger partial charge is 0.160 e. The van der Waals surface area contributed by atoms with Crippen molar-refractivity contribution in [3.8, 4) is 23.0 Å². The molecule has 4 atom stereocenters. The summed E-state index contributed by atoms with van der Waals surface area (Å²) < 4.78 is 10.2. The molecule has 2 rings (SSSR count). The Labute approximate surface area is 178 Å². The number of methoxy groups -OCH3 is 2. The third-order valence-corrected chi connectivity index (χ3v) is 5.64. The molecule has 0 radical (unpaired) electrons. The van der Waals surface area contributed by atoms with Gasteiger partial charge in [-0.3, -0.25) is 0 Å². The summed E-state index contributed by atoms with van der Waals surface area (Å²) in [6, 6.07) is 10.6. The lowest BCUT2D eigenvalue weighted by atomic mass is 9.77. The van der Waals surface area contributed by atoms with Crippen LogP contribution in [0.4, 0.5) is 0 Å². The first-order chi connectivity index (χ1) is 14.2. The van der Waals surface area contributed by atoms with Crippen molar-refractivity contribution in [1.82, 2.24) is 0 Å². The van der Waals surface area contributed by atoms with E-state index in [1.54, 1.807) is 38.1 Å². The minimum atomic E-state index is -0.583. The third kappa shape index (κ3) is 6.54. The van der Waals surface area contributed by atoms with Crippen molar-refractivity contribution in [2.45, 2.75) is 51.7 Å². The Bertz CT molecular complexity index is 802. The molecule has 0 aliphatic rings. The van der Waals surface area contributed by atoms with Gasteiger partial charge >= 0.3 is 0 Å². The van der Waals surface area contributed by atoms with Crippen LogP contribution in [0.15, 0.2) is 36.4 Å². The summed E-state index contributed by atoms with van der Waals surface area (Å²) in [5.74, 6) is 0.946. The number of ether oxygens (including phenoxy) is 2. The minimum absolute atomic E-state index is 0.0663. The van der Waals surface area contributed by atoms with E-state index in [9.17, 15) is 20.4 Å². The number of aliphatic hydroxyl groups is 2. The van der Waals surface area contributed by atoms with Gasteiger partial charge in [-0.15, -0.1) is 0 Å². The molecule has 4 N–H and O–H groups in total. The summed E-state index contributed by atoms with van der Waals surface area (Å²) in [4.78, 5) is 0. The van der Waals surface area contributed by atoms with Crippen molar-refractivity contribution in [2.75, 3.05) is 14.2 Å². The average Bonchev–Trinajstić information content (AvgIpc) is 2.69. The van der Waals surface area contributed by atoms with E-state index in [4.69, 9.17) is 9.47 Å². The summed E-state index contributed by atoms with van der Waals surface area (Å²) in [6.07, 6.45) is 1.53. The Morgan fingerprint density at radius 2 is 1.27 bits per heavy atom. The van der Waals surface area contributed by atoms with E-state index in [1.165, 1.54) is 14.2 Å². The van der Waals surface area contributed by atoms with E-state index < -0.39 is 12.2 Å². The highest BCUT2D eigenvalue weighted by Gasteiger charge is 2.27. The molecule has 2 aromatic carbocycles. The predicted molar refractivity (Wildman–Crippen MR) is 116 cm³/mol. The summed E-state index contributed by atoms with van der Waals surface area (Å²) >= 11 is 0. The molecule has 0 saturated heterocycles. The number of hydrogen-bond acceptors (Lipinski definition) is 6. The average molecular weight is 419 g/mol. The van der Waals surface area contributed by atoms with E-state index in [1.807, 2.05) is 12.1 Å². The van der Waals surface area contributed by atoms with Crippen LogP contribution in [0.25, 0.3) is 0 Å². The van der Waals surface area contributed by atoms with E-state index in [2.05, 4.69) is 0 Å². The zero-order valence-electron chi connectivity index (χ0n) is 18.2. The normalized spacial score (nSPS) is 15.3. The van der Waals surface area contributed by atoms with Crippen LogP contribution >= 0.6 is 0 Å². The van der Waals surface area contributed by atoms with Crippen LogP contribution in [0.1, 0.15) is 37.8 Å². The second-order valence-corrected chi connectivity index (χ2v) is 8.01. The topological polar surface area (TPSA) is 99.4 Å². The van der Waals surface area contributed by atoms with Crippen LogP contribution in [0, 0.1) is 11.8 Å². The number of phenols is 2. The maximum atomic E-state index is 10.6. The van der Waals surface area contributed by atoms with Crippen molar-refractivity contribution in [3.63, 3.8) is 0 Å². The van der Waals surface area contributed by atoms with Crippen LogP contribution in [-0.2, 0) is 12.8 Å². The van der Waals surface area contributed by atoms with E-state index >= 15 is 0 Å². The molecule has 0 spiro atoms. The van der Waals surface area contributed by atoms with Gasteiger partial charge in [0.1, 0.15) is 0 Å². The standard InChI is InChI=1S/C24H34O6/c1-15(25)5-8-19(11-17-6-9-23(29-3)21(27)13-17)20(16(2)26)12-18-7-10-24(30-4)22(28)14-18/h6-7,9-10,13-16,19-20,25-28H,5,8,11-12H2,1-4H3/t15-,16-,19-,20+/m1/s1. The summed E-state index contributed by atoms with van der Waals surface area (Å²) in [6.45, 7) is 3.53. The predicted octanol–water partition coefficient (Wildman–Crippen LogP) is 3.67. The third-order valence-electron chi connectivity index (χ3n) is 5.64. The molecule has 0 unspecified atom stereocenters. The number of aromatic hydroxyl groups is 2. The number of hydrogen-bond donors (Lipinski definition) is 4. The first-order valence-corrected chi connectivity index (χ1v) is 10.3. The highest BCUT2D eigenvalue weighted by Crippen LogP contribution is 2.34. The molecule has 6 nitrogen and oxygen atoms in total. The molecule has 0 aliphatic carbocycles. The highest BCUT2D eigenvalue weighted by atomic mass is 16.5. The maximum Gasteiger partial charge on any atom is 0.160 e. The van der Waals surface area contributed by atoms with Gasteiger partial charge in [0.2, 0.25) is 0 Å². The Kier molecular flexibility index (Phi) is 8.81. The monoisotopic (exact) mass is 418 g/mol. The fourth-order valence-electron chi connectivity index (χ4n) is 3.95. The van der Waals surface area contributed by atoms with Crippen molar-refractivity contribution in [2.24, 2.45) is 11.8 Å². The first-order valence-electron chi connectivity index (χ1n) is 10.3. The summed E-state index contributed by atoms with van der Waals surface area (Å²) in [5, 5.41) is 40.6. The van der Waals surface area contributed by atoms with Gasteiger partial charge in [0.05, 0.1) is 26.4 Å². The molecule has 30 heavy (non-hydrogen) atoms. The molecule has 166 valence electrons. The van der Waals surface area contributed by atoms with Gasteiger partial charge in [-0.1, -0.05) is 12.1 Å².